The van der Waals surface area contributed by atoms with Crippen LogP contribution in [0.15, 0.2) is 174 Å². The molecule has 0 amide bonds. The Bertz CT molecular complexity index is 3980. The van der Waals surface area contributed by atoms with Crippen LogP contribution in [0.5, 0.6) is 0 Å². The highest BCUT2D eigenvalue weighted by molar-refractivity contribution is 6.21. The van der Waals surface area contributed by atoms with Gasteiger partial charge in [0, 0.05) is 10.8 Å². The highest BCUT2D eigenvalue weighted by atomic mass is 16.3. The van der Waals surface area contributed by atoms with Gasteiger partial charge in [-0.3, -0.25) is 0 Å². The van der Waals surface area contributed by atoms with E-state index in [1.807, 2.05) is 0 Å². The van der Waals surface area contributed by atoms with Crippen molar-refractivity contribution < 1.29 is 42.8 Å². The molecule has 9 rings (SSSR count). The van der Waals surface area contributed by atoms with Gasteiger partial charge in [-0.05, 0) is 96.3 Å². The quantitative estimate of drug-likeness (QED) is 0.183. The summed E-state index contributed by atoms with van der Waals surface area (Å²) >= 11 is 0. The van der Waals surface area contributed by atoms with Crippen molar-refractivity contribution in [1.82, 2.24) is 0 Å². The standard InChI is InChI=1S/C44H28O/c1-3-12-29(13-4-1)32-22-24-35-36-25-23-33(28-42(36)45-41(35)27-32)31-16-11-17-34(26-31)44-39-20-9-7-18-37(39)43(30-14-5-2-6-15-30)38-19-8-10-21-40(38)44/h1-28H/i1D,2D,3D,4D,5D,6D,7D,8D,9D,10D,11D,12D,13D,14D,15D,16D,17D,18D,19D,20D,21D,22D,23D,24D,25D,26D,27D,28D. The van der Waals surface area contributed by atoms with Crippen molar-refractivity contribution >= 4 is 43.5 Å². The predicted octanol–water partition coefficient (Wildman–Crippen LogP) is 12.6. The SMILES string of the molecule is [2H]c1c([2H])c([2H])c(-c2c([2H])c([2H])c3c(oc4c([2H])c(-c5c([2H])c([2H])c([2H])c(-c6c7c([2H])c([2H])c([2H])c([2H])c7c(-c7c([2H])c([2H])c([2H])c([2H])c7[2H])c7c([2H])c([2H])c([2H])c([2H])c67)c5[2H])c([2H])c([2H])c43)c2[2H])c([2H])c1[2H]. The second-order valence-corrected chi connectivity index (χ2v) is 9.51. The number of rotatable bonds is 4. The zero-order valence-corrected chi connectivity index (χ0v) is 22.4. The third kappa shape index (κ3) is 4.24. The van der Waals surface area contributed by atoms with E-state index in [9.17, 15) is 12.3 Å². The minimum absolute atomic E-state index is 0.486. The fourth-order valence-corrected chi connectivity index (χ4v) is 5.10. The van der Waals surface area contributed by atoms with Gasteiger partial charge < -0.3 is 4.42 Å². The average molecular weight is 601 g/mol. The number of furan rings is 1. The molecule has 0 saturated carbocycles. The van der Waals surface area contributed by atoms with Crippen LogP contribution in [0.1, 0.15) is 38.4 Å². The molecule has 210 valence electrons. The van der Waals surface area contributed by atoms with Gasteiger partial charge in [0.25, 0.3) is 0 Å². The lowest BCUT2D eigenvalue weighted by molar-refractivity contribution is 0.669. The maximum atomic E-state index is 9.78. The van der Waals surface area contributed by atoms with Crippen LogP contribution in [0.3, 0.4) is 0 Å². The Labute approximate surface area is 301 Å². The Hall–Kier alpha value is -5.92. The van der Waals surface area contributed by atoms with Crippen molar-refractivity contribution in [3.05, 3.63) is 169 Å². The zero-order chi connectivity index (χ0) is 54.1. The molecule has 0 N–H and O–H groups in total. The first-order valence-electron chi connectivity index (χ1n) is 27.2. The molecule has 8 aromatic carbocycles. The van der Waals surface area contributed by atoms with Crippen LogP contribution in [-0.4, -0.2) is 0 Å². The lowest BCUT2D eigenvalue weighted by Gasteiger charge is -2.18. The number of benzene rings is 8. The van der Waals surface area contributed by atoms with Crippen LogP contribution in [0.25, 0.3) is 88.0 Å². The summed E-state index contributed by atoms with van der Waals surface area (Å²) in [5, 5.41) is -3.91. The van der Waals surface area contributed by atoms with Crippen LogP contribution in [0, 0.1) is 0 Å². The molecule has 0 atom stereocenters. The first-order chi connectivity index (χ1) is 34.0. The number of hydrogen-bond donors (Lipinski definition) is 0. The van der Waals surface area contributed by atoms with E-state index >= 15 is 0 Å². The summed E-state index contributed by atoms with van der Waals surface area (Å²) in [6.07, 6.45) is 0. The molecule has 0 aliphatic carbocycles. The van der Waals surface area contributed by atoms with Gasteiger partial charge in [0.2, 0.25) is 0 Å². The molecule has 0 saturated heterocycles. The molecule has 0 aliphatic rings. The van der Waals surface area contributed by atoms with Crippen LogP contribution in [0.2, 0.25) is 0 Å². The first kappa shape index (κ1) is 10.1. The van der Waals surface area contributed by atoms with E-state index in [-0.39, 0.29) is 0 Å². The van der Waals surface area contributed by atoms with Gasteiger partial charge in [0.1, 0.15) is 11.2 Å². The van der Waals surface area contributed by atoms with E-state index in [0.29, 0.717) is 0 Å². The first-order valence-corrected chi connectivity index (χ1v) is 13.2. The summed E-state index contributed by atoms with van der Waals surface area (Å²) < 4.78 is 254. The van der Waals surface area contributed by atoms with Crippen LogP contribution < -0.4 is 0 Å². The molecule has 0 bridgehead atoms. The molecule has 1 nitrogen and oxygen atoms in total. The topological polar surface area (TPSA) is 13.1 Å². The summed E-state index contributed by atoms with van der Waals surface area (Å²) in [6.45, 7) is 0. The maximum absolute atomic E-state index is 9.78. The Morgan fingerprint density at radius 1 is 0.289 bits per heavy atom. The molecule has 0 spiro atoms. The molecule has 0 radical (unpaired) electrons. The highest BCUT2D eigenvalue weighted by Gasteiger charge is 2.17. The molecule has 1 aromatic heterocycles. The monoisotopic (exact) mass is 600 g/mol. The summed E-state index contributed by atoms with van der Waals surface area (Å²) in [5.41, 5.74) is -7.43. The molecule has 0 aliphatic heterocycles. The van der Waals surface area contributed by atoms with Gasteiger partial charge in [-0.2, -0.15) is 0 Å². The van der Waals surface area contributed by atoms with E-state index in [1.54, 1.807) is 0 Å². The zero-order valence-electron chi connectivity index (χ0n) is 50.4. The summed E-state index contributed by atoms with van der Waals surface area (Å²) in [5.74, 6) is 0. The Morgan fingerprint density at radius 2 is 0.689 bits per heavy atom. The smallest absolute Gasteiger partial charge is 0.136 e. The maximum Gasteiger partial charge on any atom is 0.136 e. The fraction of sp³-hybridized carbons (Fsp3) is 0. The largest absolute Gasteiger partial charge is 0.456 e. The Kier molecular flexibility index (Phi) is 2.32. The lowest BCUT2D eigenvalue weighted by atomic mass is 9.85. The minimum Gasteiger partial charge on any atom is -0.456 e. The van der Waals surface area contributed by atoms with Crippen LogP contribution in [-0.2, 0) is 0 Å². The number of fused-ring (bicyclic) bond motifs is 5. The summed E-state index contributed by atoms with van der Waals surface area (Å²) in [4.78, 5) is 0. The molecular formula is C44H28O. The molecule has 9 aromatic rings. The van der Waals surface area contributed by atoms with Crippen molar-refractivity contribution in [2.75, 3.05) is 0 Å². The van der Waals surface area contributed by atoms with Gasteiger partial charge in [0.15, 0.2) is 0 Å². The summed E-state index contributed by atoms with van der Waals surface area (Å²) in [7, 11) is 0. The molecule has 45 heavy (non-hydrogen) atoms. The Balaban J connectivity index is 1.49. The van der Waals surface area contributed by atoms with Crippen LogP contribution in [0.4, 0.5) is 0 Å². The lowest BCUT2D eigenvalue weighted by Crippen LogP contribution is -1.91. The van der Waals surface area contributed by atoms with Gasteiger partial charge in [-0.15, -0.1) is 0 Å². The third-order valence-electron chi connectivity index (χ3n) is 7.01. The van der Waals surface area contributed by atoms with Crippen molar-refractivity contribution in [3.8, 4) is 44.5 Å². The van der Waals surface area contributed by atoms with E-state index in [0.717, 1.165) is 0 Å². The van der Waals surface area contributed by atoms with E-state index in [1.165, 1.54) is 0 Å². The van der Waals surface area contributed by atoms with Gasteiger partial charge >= 0.3 is 0 Å². The van der Waals surface area contributed by atoms with Crippen molar-refractivity contribution in [2.45, 2.75) is 0 Å². The Morgan fingerprint density at radius 3 is 1.24 bits per heavy atom. The molecule has 1 heterocycles. The average Bonchev–Trinajstić information content (AvgIpc) is 3.77. The van der Waals surface area contributed by atoms with E-state index < -0.39 is 257 Å². The molecule has 1 heteroatoms. The van der Waals surface area contributed by atoms with Gasteiger partial charge in [-0.25, -0.2) is 0 Å². The van der Waals surface area contributed by atoms with Gasteiger partial charge in [0.05, 0.1) is 38.4 Å². The van der Waals surface area contributed by atoms with E-state index in [4.69, 9.17) is 30.5 Å². The van der Waals surface area contributed by atoms with Crippen molar-refractivity contribution in [1.29, 1.82) is 0 Å². The normalized spacial score (nSPS) is 20.3. The second-order valence-electron chi connectivity index (χ2n) is 9.51. The van der Waals surface area contributed by atoms with Crippen molar-refractivity contribution in [3.63, 3.8) is 0 Å². The number of hydrogen-bond acceptors (Lipinski definition) is 1. The minimum atomic E-state index is -1.09. The van der Waals surface area contributed by atoms with E-state index in [2.05, 4.69) is 0 Å². The second kappa shape index (κ2) is 10.4. The van der Waals surface area contributed by atoms with Crippen LogP contribution >= 0.6 is 0 Å². The fourth-order valence-electron chi connectivity index (χ4n) is 5.10. The van der Waals surface area contributed by atoms with Gasteiger partial charge in [-0.1, -0.05) is 139 Å². The third-order valence-corrected chi connectivity index (χ3v) is 7.01. The molecule has 0 fully saturated rings. The molecular weight excluding hydrogens is 544 g/mol. The molecule has 0 unspecified atom stereocenters. The van der Waals surface area contributed by atoms with Crippen molar-refractivity contribution in [2.24, 2.45) is 0 Å². The predicted molar refractivity (Wildman–Crippen MR) is 190 cm³/mol. The highest BCUT2D eigenvalue weighted by Crippen LogP contribution is 2.44. The summed E-state index contributed by atoms with van der Waals surface area (Å²) in [6, 6.07) is -26.2.